The standard InChI is InChI=1S/C84H70N4/c1-9-57-10-2-53(1)17-21-61-29-37-69(65(49-61)33-25-57)81-73-41-43-75(85-73)82(70-38-30-62-22-18-54-3-11-58(12-4-54)26-34-66(70)50-62)77-45-47-79(87-77)84(72-40-32-64-24-20-56-7-15-60(16-8-56)28-36-68(72)52-64)80-48-46-78(88-80)83(76-44-42-74(81)86-76)71-39-31-63-23-19-55-5-13-59(14-6-55)27-35-67(71)51-63/h1-16,29-32,37-52,85,88H,17-28,33-36H2. The second-order valence-corrected chi connectivity index (χ2v) is 25.7. The van der Waals surface area contributed by atoms with E-state index in [0.717, 1.165) is 170 Å². The number of nitrogens with one attached hydrogen (secondary N) is 2. The summed E-state index contributed by atoms with van der Waals surface area (Å²) < 4.78 is 0. The summed E-state index contributed by atoms with van der Waals surface area (Å²) in [5.74, 6) is 0. The molecule has 4 nitrogen and oxygen atoms in total. The fourth-order valence-electron chi connectivity index (χ4n) is 15.1. The molecule has 0 radical (unpaired) electrons. The Morgan fingerprint density at radius 1 is 0.193 bits per heavy atom. The lowest BCUT2D eigenvalue weighted by atomic mass is 9.92. The maximum atomic E-state index is 5.96. The molecule has 0 spiro atoms. The van der Waals surface area contributed by atoms with E-state index in [4.69, 9.17) is 9.97 Å². The SMILES string of the molecule is C1=Cc2nc1c(-c1ccc3cc1CCc1ccc(cc1)CC3)c1ccc([nH]1)c(-c1ccc3cc1CCc1ccc(cc1)CC3)c1nc(c(-c3ccc4cc3CCc3ccc(cc3)CC4)c3ccc([nH]3)c2-c2ccc3cc2CCc2ccc(cc2)CC3)C=C1. The highest BCUT2D eigenvalue weighted by Crippen LogP contribution is 2.43. The van der Waals surface area contributed by atoms with Gasteiger partial charge in [0.1, 0.15) is 0 Å². The van der Waals surface area contributed by atoms with Crippen molar-refractivity contribution >= 4 is 46.4 Å². The van der Waals surface area contributed by atoms with Crippen LogP contribution in [0.4, 0.5) is 0 Å². The van der Waals surface area contributed by atoms with E-state index in [-0.39, 0.29) is 0 Å². The van der Waals surface area contributed by atoms with E-state index in [9.17, 15) is 0 Å². The lowest BCUT2D eigenvalue weighted by Gasteiger charge is -2.15. The predicted molar refractivity (Wildman–Crippen MR) is 366 cm³/mol. The molecule has 0 amide bonds. The molecule has 24 bridgehead atoms. The summed E-state index contributed by atoms with van der Waals surface area (Å²) in [6.07, 6.45) is 24.8. The minimum Gasteiger partial charge on any atom is -0.354 e. The Morgan fingerprint density at radius 2 is 0.375 bits per heavy atom. The van der Waals surface area contributed by atoms with Gasteiger partial charge in [-0.3, -0.25) is 0 Å². The van der Waals surface area contributed by atoms with E-state index in [1.54, 1.807) is 0 Å². The van der Waals surface area contributed by atoms with Gasteiger partial charge >= 0.3 is 0 Å². The van der Waals surface area contributed by atoms with Crippen molar-refractivity contribution in [3.63, 3.8) is 0 Å². The first kappa shape index (κ1) is 52.7. The second kappa shape index (κ2) is 22.3. The number of aromatic amines is 2. The van der Waals surface area contributed by atoms with Gasteiger partial charge in [0, 0.05) is 44.3 Å². The number of H-pyrrole nitrogens is 2. The fourth-order valence-corrected chi connectivity index (χ4v) is 15.1. The smallest absolute Gasteiger partial charge is 0.0737 e. The van der Waals surface area contributed by atoms with Crippen LogP contribution in [-0.2, 0) is 103 Å². The zero-order chi connectivity index (χ0) is 58.1. The van der Waals surface area contributed by atoms with Crippen molar-refractivity contribution in [1.82, 2.24) is 19.9 Å². The summed E-state index contributed by atoms with van der Waals surface area (Å²) >= 11 is 0. The van der Waals surface area contributed by atoms with E-state index in [2.05, 4.69) is 228 Å². The quantitative estimate of drug-likeness (QED) is 0.184. The monoisotopic (exact) mass is 1130 g/mol. The van der Waals surface area contributed by atoms with Gasteiger partial charge in [0.25, 0.3) is 0 Å². The van der Waals surface area contributed by atoms with Crippen molar-refractivity contribution in [1.29, 1.82) is 0 Å². The molecule has 10 aliphatic rings. The highest BCUT2D eigenvalue weighted by molar-refractivity contribution is 6.01. The summed E-state index contributed by atoms with van der Waals surface area (Å²) in [4.78, 5) is 20.3. The van der Waals surface area contributed by atoms with Crippen molar-refractivity contribution in [2.24, 2.45) is 0 Å². The fraction of sp³-hybridized carbons (Fsp3) is 0.190. The Balaban J connectivity index is 0.956. The van der Waals surface area contributed by atoms with Crippen LogP contribution in [0.3, 0.4) is 0 Å². The van der Waals surface area contributed by atoms with E-state index >= 15 is 0 Å². The van der Waals surface area contributed by atoms with Crippen molar-refractivity contribution in [3.05, 3.63) is 306 Å². The molecule has 0 atom stereocenters. The van der Waals surface area contributed by atoms with Gasteiger partial charge in [0.15, 0.2) is 0 Å². The lowest BCUT2D eigenvalue weighted by molar-refractivity contribution is 0.950. The van der Waals surface area contributed by atoms with Crippen molar-refractivity contribution in [2.45, 2.75) is 103 Å². The number of hydrogen-bond acceptors (Lipinski definition) is 2. The average molecular weight is 1140 g/mol. The van der Waals surface area contributed by atoms with Gasteiger partial charge in [-0.05, 0) is 263 Å². The Labute approximate surface area is 516 Å². The first-order valence-corrected chi connectivity index (χ1v) is 32.4. The third-order valence-corrected chi connectivity index (χ3v) is 20.1. The minimum atomic E-state index is 0.917. The molecule has 0 saturated heterocycles. The number of benzene rings is 8. The summed E-state index contributed by atoms with van der Waals surface area (Å²) in [5, 5.41) is 0. The van der Waals surface area contributed by atoms with Crippen LogP contribution in [0, 0.1) is 0 Å². The Bertz CT molecular complexity index is 4210. The van der Waals surface area contributed by atoms with Gasteiger partial charge in [-0.15, -0.1) is 0 Å². The minimum absolute atomic E-state index is 0.917. The lowest BCUT2D eigenvalue weighted by Crippen LogP contribution is -1.99. The first-order valence-electron chi connectivity index (χ1n) is 32.4. The number of hydrogen-bond donors (Lipinski definition) is 2. The molecule has 3 aromatic heterocycles. The van der Waals surface area contributed by atoms with Gasteiger partial charge in [-0.25, -0.2) is 9.97 Å². The molecule has 21 rings (SSSR count). The average Bonchev–Trinajstić information content (AvgIpc) is 4.58. The van der Waals surface area contributed by atoms with E-state index < -0.39 is 0 Å². The highest BCUT2D eigenvalue weighted by atomic mass is 14.8. The van der Waals surface area contributed by atoms with Crippen LogP contribution in [0.1, 0.15) is 112 Å². The van der Waals surface area contributed by atoms with E-state index in [1.807, 2.05) is 0 Å². The molecular formula is C84H70N4. The van der Waals surface area contributed by atoms with Crippen molar-refractivity contribution in [3.8, 4) is 44.5 Å². The molecule has 4 heteroatoms. The summed E-state index contributed by atoms with van der Waals surface area (Å²) in [6, 6.07) is 75.9. The Kier molecular flexibility index (Phi) is 13.3. The van der Waals surface area contributed by atoms with Crippen molar-refractivity contribution < 1.29 is 0 Å². The summed E-state index contributed by atoms with van der Waals surface area (Å²) in [5.41, 5.74) is 39.3. The molecule has 426 valence electrons. The van der Waals surface area contributed by atoms with Gasteiger partial charge in [-0.1, -0.05) is 170 Å². The normalized spacial score (nSPS) is 14.9. The van der Waals surface area contributed by atoms with Gasteiger partial charge in [0.2, 0.25) is 0 Å². The van der Waals surface area contributed by atoms with Gasteiger partial charge in [-0.2, -0.15) is 0 Å². The molecule has 2 N–H and O–H groups in total. The number of aryl methyl sites for hydroxylation is 16. The van der Waals surface area contributed by atoms with Crippen LogP contribution < -0.4 is 0 Å². The molecule has 11 aromatic rings. The van der Waals surface area contributed by atoms with Crippen LogP contribution in [0.2, 0.25) is 0 Å². The van der Waals surface area contributed by atoms with Crippen molar-refractivity contribution in [2.75, 3.05) is 0 Å². The number of aromatic nitrogens is 4. The molecule has 0 fully saturated rings. The van der Waals surface area contributed by atoms with Crippen LogP contribution >= 0.6 is 0 Å². The second-order valence-electron chi connectivity index (χ2n) is 25.7. The largest absolute Gasteiger partial charge is 0.354 e. The van der Waals surface area contributed by atoms with Gasteiger partial charge in [0.05, 0.1) is 22.8 Å². The van der Waals surface area contributed by atoms with Gasteiger partial charge < -0.3 is 9.97 Å². The molecule has 2 aliphatic heterocycles. The molecule has 5 heterocycles. The molecule has 88 heavy (non-hydrogen) atoms. The maximum absolute atomic E-state index is 5.96. The van der Waals surface area contributed by atoms with Crippen LogP contribution in [-0.4, -0.2) is 19.9 Å². The zero-order valence-electron chi connectivity index (χ0n) is 50.0. The topological polar surface area (TPSA) is 57.4 Å². The Hall–Kier alpha value is -9.64. The summed E-state index contributed by atoms with van der Waals surface area (Å²) in [7, 11) is 0. The third-order valence-electron chi connectivity index (χ3n) is 20.1. The molecule has 0 saturated carbocycles. The number of rotatable bonds is 4. The molecule has 0 unspecified atom stereocenters. The summed E-state index contributed by atoms with van der Waals surface area (Å²) in [6.45, 7) is 0. The van der Waals surface area contributed by atoms with Crippen LogP contribution in [0.5, 0.6) is 0 Å². The zero-order valence-corrected chi connectivity index (χ0v) is 50.0. The van der Waals surface area contributed by atoms with E-state index in [0.29, 0.717) is 0 Å². The number of fused-ring (bicyclic) bond motifs is 24. The molecular weight excluding hydrogens is 1060 g/mol. The highest BCUT2D eigenvalue weighted by Gasteiger charge is 2.25. The molecule has 8 aliphatic carbocycles. The third kappa shape index (κ3) is 10.2. The predicted octanol–water partition coefficient (Wildman–Crippen LogP) is 18.9. The Morgan fingerprint density at radius 3 is 0.591 bits per heavy atom. The van der Waals surface area contributed by atoms with Crippen LogP contribution in [0.25, 0.3) is 90.9 Å². The van der Waals surface area contributed by atoms with Crippen LogP contribution in [0.15, 0.2) is 194 Å². The maximum Gasteiger partial charge on any atom is 0.0737 e. The first-order chi connectivity index (χ1) is 43.5. The molecule has 8 aromatic carbocycles. The van der Waals surface area contributed by atoms with E-state index in [1.165, 1.54) is 111 Å². The number of nitrogens with zero attached hydrogens (tertiary/aromatic N) is 2.